The van der Waals surface area contributed by atoms with Crippen molar-refractivity contribution in [1.82, 2.24) is 10.6 Å². The van der Waals surface area contributed by atoms with Gasteiger partial charge in [-0.3, -0.25) is 20.2 Å². The van der Waals surface area contributed by atoms with E-state index in [0.29, 0.717) is 17.7 Å². The molecule has 0 aliphatic rings. The van der Waals surface area contributed by atoms with Crippen molar-refractivity contribution in [2.45, 2.75) is 13.8 Å². The second-order valence-electron chi connectivity index (χ2n) is 6.94. The number of benzene rings is 3. The van der Waals surface area contributed by atoms with E-state index in [-0.39, 0.29) is 24.3 Å². The van der Waals surface area contributed by atoms with Crippen LogP contribution in [0.1, 0.15) is 31.8 Å². The summed E-state index contributed by atoms with van der Waals surface area (Å²) in [4.78, 5) is 29.4. The normalized spacial score (nSPS) is 10.1. The molecule has 0 aliphatic heterocycles. The number of ether oxygens (including phenoxy) is 1. The Kier molecular flexibility index (Phi) is 7.54. The van der Waals surface area contributed by atoms with Crippen LogP contribution in [0.3, 0.4) is 0 Å². The quantitative estimate of drug-likeness (QED) is 0.364. The Morgan fingerprint density at radius 1 is 0.742 bits per heavy atom. The average Bonchev–Trinajstić information content (AvgIpc) is 2.79. The predicted octanol–water partition coefficient (Wildman–Crippen LogP) is 3.90. The Bertz CT molecular complexity index is 988. The predicted molar refractivity (Wildman–Crippen MR) is 122 cm³/mol. The lowest BCUT2D eigenvalue weighted by Crippen LogP contribution is -2.44. The molecule has 3 rings (SSSR count). The Morgan fingerprint density at radius 2 is 1.23 bits per heavy atom. The van der Waals surface area contributed by atoms with Crippen LogP contribution in [0.5, 0.6) is 5.75 Å². The average molecular weight is 415 g/mol. The van der Waals surface area contributed by atoms with Crippen molar-refractivity contribution >= 4 is 17.8 Å². The number of hydrogen-bond acceptors (Lipinski definition) is 4. The van der Waals surface area contributed by atoms with E-state index in [1.165, 1.54) is 0 Å². The number of aliphatic imine (C=N–C) groups is 1. The maximum atomic E-state index is 12.5. The Labute approximate surface area is 182 Å². The first-order valence-electron chi connectivity index (χ1n) is 10.0. The molecule has 0 atom stereocenters. The van der Waals surface area contributed by atoms with Gasteiger partial charge in [-0.2, -0.15) is 0 Å². The van der Waals surface area contributed by atoms with Gasteiger partial charge in [-0.25, -0.2) is 4.99 Å². The summed E-state index contributed by atoms with van der Waals surface area (Å²) in [5.41, 5.74) is 3.02. The molecule has 0 spiro atoms. The van der Waals surface area contributed by atoms with Gasteiger partial charge < -0.3 is 4.74 Å². The van der Waals surface area contributed by atoms with Crippen LogP contribution in [-0.2, 0) is 0 Å². The number of hydrogen-bond donors (Lipinski definition) is 2. The number of nitrogens with zero attached hydrogens (tertiary/aromatic N) is 1. The van der Waals surface area contributed by atoms with Gasteiger partial charge in [-0.1, -0.05) is 54.6 Å². The first-order chi connectivity index (χ1) is 15.0. The molecule has 0 unspecified atom stereocenters. The number of carbonyl (C=O) groups is 2. The molecule has 3 aromatic carbocycles. The van der Waals surface area contributed by atoms with E-state index in [1.54, 1.807) is 48.5 Å². The molecule has 6 nitrogen and oxygen atoms in total. The molecule has 0 bridgehead atoms. The molecular weight excluding hydrogens is 390 g/mol. The maximum Gasteiger partial charge on any atom is 0.257 e. The van der Waals surface area contributed by atoms with Crippen molar-refractivity contribution < 1.29 is 14.3 Å². The van der Waals surface area contributed by atoms with Gasteiger partial charge in [0, 0.05) is 11.1 Å². The lowest BCUT2D eigenvalue weighted by atomic mass is 10.1. The van der Waals surface area contributed by atoms with E-state index >= 15 is 0 Å². The van der Waals surface area contributed by atoms with Crippen LogP contribution in [0.2, 0.25) is 0 Å². The summed E-state index contributed by atoms with van der Waals surface area (Å²) in [6, 6.07) is 23.4. The number of guanidine groups is 1. The van der Waals surface area contributed by atoms with Crippen LogP contribution < -0.4 is 15.4 Å². The second-order valence-corrected chi connectivity index (χ2v) is 6.94. The third-order valence-corrected chi connectivity index (χ3v) is 4.55. The third kappa shape index (κ3) is 6.27. The number of carbonyl (C=O) groups excluding carboxylic acids is 2. The summed E-state index contributed by atoms with van der Waals surface area (Å²) in [7, 11) is 0. The fourth-order valence-electron chi connectivity index (χ4n) is 2.98. The molecule has 0 radical (unpaired) electrons. The zero-order chi connectivity index (χ0) is 22.1. The second kappa shape index (κ2) is 10.7. The summed E-state index contributed by atoms with van der Waals surface area (Å²) in [5, 5.41) is 5.36. The van der Waals surface area contributed by atoms with Gasteiger partial charge in [0.05, 0.1) is 6.54 Å². The molecule has 0 aliphatic carbocycles. The summed E-state index contributed by atoms with van der Waals surface area (Å²) < 4.78 is 5.86. The van der Waals surface area contributed by atoms with Gasteiger partial charge in [0.25, 0.3) is 11.8 Å². The van der Waals surface area contributed by atoms with Gasteiger partial charge in [0.2, 0.25) is 5.96 Å². The van der Waals surface area contributed by atoms with Crippen LogP contribution >= 0.6 is 0 Å². The van der Waals surface area contributed by atoms with Crippen LogP contribution in [0.4, 0.5) is 0 Å². The largest absolute Gasteiger partial charge is 0.491 e. The lowest BCUT2D eigenvalue weighted by Gasteiger charge is -2.13. The molecule has 3 aromatic rings. The zero-order valence-electron chi connectivity index (χ0n) is 17.6. The van der Waals surface area contributed by atoms with E-state index in [1.807, 2.05) is 44.2 Å². The first kappa shape index (κ1) is 21.8. The molecule has 0 saturated heterocycles. The molecule has 0 heterocycles. The number of para-hydroxylation sites is 1. The van der Waals surface area contributed by atoms with Gasteiger partial charge in [0.1, 0.15) is 12.4 Å². The minimum Gasteiger partial charge on any atom is -0.491 e. The van der Waals surface area contributed by atoms with Gasteiger partial charge >= 0.3 is 0 Å². The topological polar surface area (TPSA) is 79.8 Å². The number of amides is 2. The third-order valence-electron chi connectivity index (χ3n) is 4.55. The van der Waals surface area contributed by atoms with Crippen molar-refractivity contribution in [3.8, 4) is 5.75 Å². The molecule has 0 fully saturated rings. The zero-order valence-corrected chi connectivity index (χ0v) is 17.6. The minimum absolute atomic E-state index is 0.0767. The standard InChI is InChI=1S/C25H25N3O3/c1-18-10-9-11-19(2)22(18)31-17-16-26-25(27-23(29)20-12-5-3-6-13-20)28-24(30)21-14-7-4-8-15-21/h3-15H,16-17H2,1-2H3,(H2,26,27,28,29,30). The molecule has 31 heavy (non-hydrogen) atoms. The summed E-state index contributed by atoms with van der Waals surface area (Å²) in [5.74, 6) is 0.181. The number of aryl methyl sites for hydroxylation is 2. The highest BCUT2D eigenvalue weighted by molar-refractivity contribution is 6.12. The molecule has 158 valence electrons. The molecule has 2 amide bonds. The Balaban J connectivity index is 1.69. The van der Waals surface area contributed by atoms with E-state index in [2.05, 4.69) is 15.6 Å². The van der Waals surface area contributed by atoms with Crippen LogP contribution in [0.25, 0.3) is 0 Å². The summed E-state index contributed by atoms with van der Waals surface area (Å²) in [6.45, 7) is 4.53. The highest BCUT2D eigenvalue weighted by Gasteiger charge is 2.13. The molecule has 2 N–H and O–H groups in total. The smallest absolute Gasteiger partial charge is 0.257 e. The van der Waals surface area contributed by atoms with E-state index in [0.717, 1.165) is 16.9 Å². The molecule has 6 heteroatoms. The SMILES string of the molecule is Cc1cccc(C)c1OCCN=C(NC(=O)c1ccccc1)NC(=O)c1ccccc1. The van der Waals surface area contributed by atoms with Crippen LogP contribution in [0, 0.1) is 13.8 Å². The Morgan fingerprint density at radius 3 is 1.71 bits per heavy atom. The van der Waals surface area contributed by atoms with Crippen molar-refractivity contribution in [2.24, 2.45) is 4.99 Å². The van der Waals surface area contributed by atoms with Gasteiger partial charge in [-0.05, 0) is 49.2 Å². The highest BCUT2D eigenvalue weighted by Crippen LogP contribution is 2.21. The van der Waals surface area contributed by atoms with E-state index < -0.39 is 0 Å². The fraction of sp³-hybridized carbons (Fsp3) is 0.160. The minimum atomic E-state index is -0.358. The highest BCUT2D eigenvalue weighted by atomic mass is 16.5. The van der Waals surface area contributed by atoms with Gasteiger partial charge in [0.15, 0.2) is 0 Å². The van der Waals surface area contributed by atoms with Crippen LogP contribution in [-0.4, -0.2) is 30.9 Å². The van der Waals surface area contributed by atoms with E-state index in [4.69, 9.17) is 4.74 Å². The van der Waals surface area contributed by atoms with Crippen molar-refractivity contribution in [3.05, 3.63) is 101 Å². The monoisotopic (exact) mass is 415 g/mol. The van der Waals surface area contributed by atoms with E-state index in [9.17, 15) is 9.59 Å². The molecular formula is C25H25N3O3. The summed E-state index contributed by atoms with van der Waals surface area (Å²) in [6.07, 6.45) is 0. The molecule has 0 aromatic heterocycles. The summed E-state index contributed by atoms with van der Waals surface area (Å²) >= 11 is 0. The van der Waals surface area contributed by atoms with Crippen molar-refractivity contribution in [2.75, 3.05) is 13.2 Å². The van der Waals surface area contributed by atoms with Crippen LogP contribution in [0.15, 0.2) is 83.9 Å². The number of rotatable bonds is 6. The first-order valence-corrected chi connectivity index (χ1v) is 10.0. The van der Waals surface area contributed by atoms with Crippen molar-refractivity contribution in [3.63, 3.8) is 0 Å². The fourth-order valence-corrected chi connectivity index (χ4v) is 2.98. The molecule has 0 saturated carbocycles. The maximum absolute atomic E-state index is 12.5. The van der Waals surface area contributed by atoms with Gasteiger partial charge in [-0.15, -0.1) is 0 Å². The van der Waals surface area contributed by atoms with Crippen molar-refractivity contribution in [1.29, 1.82) is 0 Å². The lowest BCUT2D eigenvalue weighted by molar-refractivity contribution is 0.0966. The number of nitrogens with one attached hydrogen (secondary N) is 2. The Hall–Kier alpha value is -3.93.